The molecule has 0 spiro atoms. The van der Waals surface area contributed by atoms with Crippen LogP contribution in [0.15, 0.2) is 42.5 Å². The molecule has 8 heteroatoms. The number of methoxy groups -OCH3 is 1. The lowest BCUT2D eigenvalue weighted by atomic mass is 9.95. The minimum Gasteiger partial charge on any atom is -0.463 e. The molecule has 2 saturated heterocycles. The number of carbonyl (C=O) groups excluding carboxylic acids is 1. The second-order valence-corrected chi connectivity index (χ2v) is 7.60. The Kier molecular flexibility index (Phi) is 7.62. The first-order valence-electron chi connectivity index (χ1n) is 10.0. The summed E-state index contributed by atoms with van der Waals surface area (Å²) < 4.78 is 40.1. The molecule has 166 valence electrons. The van der Waals surface area contributed by atoms with Gasteiger partial charge in [0.1, 0.15) is 24.6 Å². The summed E-state index contributed by atoms with van der Waals surface area (Å²) in [4.78, 5) is 12.0. The topological polar surface area (TPSA) is 81.7 Å². The summed E-state index contributed by atoms with van der Waals surface area (Å²) in [6.07, 6.45) is 1.17. The number of esters is 1. The Labute approximate surface area is 177 Å². The van der Waals surface area contributed by atoms with Gasteiger partial charge in [-0.25, -0.2) is 4.79 Å². The Morgan fingerprint density at radius 2 is 1.93 bits per heavy atom. The lowest BCUT2D eigenvalue weighted by molar-refractivity contribution is -0.246. The molecule has 2 heterocycles. The first-order valence-corrected chi connectivity index (χ1v) is 10.0. The number of hydrogen-bond donors (Lipinski definition) is 0. The number of fused-ring (bicyclic) bond motifs is 1. The van der Waals surface area contributed by atoms with Gasteiger partial charge in [-0.15, -0.1) is 0 Å². The van der Waals surface area contributed by atoms with Crippen LogP contribution < -0.4 is 0 Å². The van der Waals surface area contributed by atoms with Crippen molar-refractivity contribution in [1.29, 1.82) is 0 Å². The van der Waals surface area contributed by atoms with Gasteiger partial charge in [0.2, 0.25) is 0 Å². The van der Waals surface area contributed by atoms with E-state index in [-0.39, 0.29) is 20.0 Å². The van der Waals surface area contributed by atoms with Crippen LogP contribution in [0.3, 0.4) is 0 Å². The van der Waals surface area contributed by atoms with Gasteiger partial charge in [0, 0.05) is 13.2 Å². The van der Waals surface area contributed by atoms with E-state index in [1.165, 1.54) is 13.2 Å². The van der Waals surface area contributed by atoms with Crippen LogP contribution >= 0.6 is 0 Å². The molecule has 0 aliphatic carbocycles. The number of benzene rings is 1. The molecule has 2 aliphatic rings. The lowest BCUT2D eigenvalue weighted by Gasteiger charge is -2.34. The SMILES string of the molecule is CCOC(=O)/C=C/[C@]1(COCOC)O[C@@H]2OC(C)(C)O[C@@H]2[C@H]1OCc1ccccc1. The van der Waals surface area contributed by atoms with Crippen molar-refractivity contribution in [2.45, 2.75) is 57.3 Å². The molecule has 0 saturated carbocycles. The summed E-state index contributed by atoms with van der Waals surface area (Å²) in [5.74, 6) is -1.29. The molecule has 1 aromatic rings. The second-order valence-electron chi connectivity index (χ2n) is 7.60. The van der Waals surface area contributed by atoms with Crippen molar-refractivity contribution >= 4 is 5.97 Å². The molecule has 0 bridgehead atoms. The van der Waals surface area contributed by atoms with Gasteiger partial charge in [-0.3, -0.25) is 0 Å². The van der Waals surface area contributed by atoms with Crippen molar-refractivity contribution in [2.75, 3.05) is 27.1 Å². The fourth-order valence-electron chi connectivity index (χ4n) is 3.59. The van der Waals surface area contributed by atoms with E-state index in [2.05, 4.69) is 0 Å². The minimum absolute atomic E-state index is 0.0618. The quantitative estimate of drug-likeness (QED) is 0.246. The van der Waals surface area contributed by atoms with Gasteiger partial charge in [0.25, 0.3) is 0 Å². The van der Waals surface area contributed by atoms with Crippen LogP contribution in [0.2, 0.25) is 0 Å². The van der Waals surface area contributed by atoms with E-state index >= 15 is 0 Å². The minimum atomic E-state index is -1.12. The van der Waals surface area contributed by atoms with Crippen LogP contribution in [0.25, 0.3) is 0 Å². The van der Waals surface area contributed by atoms with Crippen molar-refractivity contribution in [3.8, 4) is 0 Å². The van der Waals surface area contributed by atoms with E-state index in [1.807, 2.05) is 44.2 Å². The molecule has 0 unspecified atom stereocenters. The maximum atomic E-state index is 12.0. The van der Waals surface area contributed by atoms with Gasteiger partial charge in [-0.05, 0) is 32.4 Å². The molecule has 4 atom stereocenters. The first-order chi connectivity index (χ1) is 14.4. The monoisotopic (exact) mass is 422 g/mol. The van der Waals surface area contributed by atoms with Crippen molar-refractivity contribution < 1.29 is 38.0 Å². The Morgan fingerprint density at radius 3 is 2.63 bits per heavy atom. The molecule has 1 aromatic carbocycles. The highest BCUT2D eigenvalue weighted by Gasteiger charge is 2.62. The predicted molar refractivity (Wildman–Crippen MR) is 106 cm³/mol. The molecule has 8 nitrogen and oxygen atoms in total. The lowest BCUT2D eigenvalue weighted by Crippen LogP contribution is -2.49. The van der Waals surface area contributed by atoms with E-state index in [0.717, 1.165) is 5.56 Å². The normalized spacial score (nSPS) is 29.9. The molecule has 0 amide bonds. The Bertz CT molecular complexity index is 719. The third-order valence-electron chi connectivity index (χ3n) is 4.79. The molecule has 30 heavy (non-hydrogen) atoms. The number of carbonyl (C=O) groups is 1. The Morgan fingerprint density at radius 1 is 1.17 bits per heavy atom. The van der Waals surface area contributed by atoms with Crippen molar-refractivity contribution in [3.05, 3.63) is 48.0 Å². The third-order valence-corrected chi connectivity index (χ3v) is 4.79. The van der Waals surface area contributed by atoms with E-state index in [4.69, 9.17) is 33.2 Å². The molecule has 3 rings (SSSR count). The Hall–Kier alpha value is -1.81. The zero-order valence-electron chi connectivity index (χ0n) is 17.9. The molecular weight excluding hydrogens is 392 g/mol. The van der Waals surface area contributed by atoms with Crippen molar-refractivity contribution in [2.24, 2.45) is 0 Å². The average Bonchev–Trinajstić information content (AvgIpc) is 3.15. The van der Waals surface area contributed by atoms with Gasteiger partial charge in [0.15, 0.2) is 12.1 Å². The summed E-state index contributed by atoms with van der Waals surface area (Å²) >= 11 is 0. The van der Waals surface area contributed by atoms with Crippen LogP contribution in [0.5, 0.6) is 0 Å². The van der Waals surface area contributed by atoms with Crippen LogP contribution in [0.1, 0.15) is 26.3 Å². The fraction of sp³-hybridized carbons (Fsp3) is 0.591. The molecule has 0 aromatic heterocycles. The van der Waals surface area contributed by atoms with E-state index in [0.29, 0.717) is 6.61 Å². The molecule has 2 aliphatic heterocycles. The van der Waals surface area contributed by atoms with Crippen molar-refractivity contribution in [1.82, 2.24) is 0 Å². The summed E-state index contributed by atoms with van der Waals surface area (Å²) in [6.45, 7) is 6.14. The van der Waals surface area contributed by atoms with E-state index < -0.39 is 35.9 Å². The highest BCUT2D eigenvalue weighted by molar-refractivity contribution is 5.82. The fourth-order valence-corrected chi connectivity index (χ4v) is 3.59. The average molecular weight is 422 g/mol. The van der Waals surface area contributed by atoms with E-state index in [1.54, 1.807) is 13.0 Å². The summed E-state index contributed by atoms with van der Waals surface area (Å²) in [5, 5.41) is 0. The van der Waals surface area contributed by atoms with Gasteiger partial charge >= 0.3 is 5.97 Å². The number of ether oxygens (including phenoxy) is 7. The highest BCUT2D eigenvalue weighted by atomic mass is 16.8. The summed E-state index contributed by atoms with van der Waals surface area (Å²) in [7, 11) is 1.53. The van der Waals surface area contributed by atoms with Gasteiger partial charge in [0.05, 0.1) is 19.8 Å². The molecule has 0 N–H and O–H groups in total. The molecule has 2 fully saturated rings. The van der Waals surface area contributed by atoms with Crippen LogP contribution in [-0.2, 0) is 44.6 Å². The van der Waals surface area contributed by atoms with E-state index in [9.17, 15) is 4.79 Å². The Balaban J connectivity index is 1.86. The first kappa shape index (κ1) is 22.9. The second kappa shape index (κ2) is 10.00. The maximum Gasteiger partial charge on any atom is 0.330 e. The largest absolute Gasteiger partial charge is 0.463 e. The number of hydrogen-bond acceptors (Lipinski definition) is 8. The summed E-state index contributed by atoms with van der Waals surface area (Å²) in [6, 6.07) is 9.78. The van der Waals surface area contributed by atoms with Crippen LogP contribution in [0.4, 0.5) is 0 Å². The number of rotatable bonds is 10. The molecule has 0 radical (unpaired) electrons. The zero-order chi connectivity index (χ0) is 21.6. The van der Waals surface area contributed by atoms with Gasteiger partial charge in [-0.1, -0.05) is 30.3 Å². The highest BCUT2D eigenvalue weighted by Crippen LogP contribution is 2.45. The zero-order valence-corrected chi connectivity index (χ0v) is 17.9. The van der Waals surface area contributed by atoms with Crippen LogP contribution in [-0.4, -0.2) is 63.0 Å². The summed E-state index contributed by atoms with van der Waals surface area (Å²) in [5.41, 5.74) is -0.119. The van der Waals surface area contributed by atoms with Crippen molar-refractivity contribution in [3.63, 3.8) is 0 Å². The standard InChI is InChI=1S/C22H30O8/c1-5-26-17(23)11-12-22(14-25-15-24-4)19(27-13-16-9-7-6-8-10-16)18-20(30-22)29-21(2,3)28-18/h6-12,18-20H,5,13-15H2,1-4H3/b12-11+/t18-,19-,20+,22-/m1/s1. The predicted octanol–water partition coefficient (Wildman–Crippen LogP) is 2.56. The smallest absolute Gasteiger partial charge is 0.330 e. The third kappa shape index (κ3) is 5.46. The van der Waals surface area contributed by atoms with Gasteiger partial charge < -0.3 is 33.2 Å². The maximum absolute atomic E-state index is 12.0. The van der Waals surface area contributed by atoms with Crippen LogP contribution in [0, 0.1) is 0 Å². The molecular formula is C22H30O8. The van der Waals surface area contributed by atoms with Gasteiger partial charge in [-0.2, -0.15) is 0 Å².